The van der Waals surface area contributed by atoms with Crippen molar-refractivity contribution in [3.05, 3.63) is 40.7 Å². The van der Waals surface area contributed by atoms with Gasteiger partial charge in [-0.25, -0.2) is 0 Å². The van der Waals surface area contributed by atoms with Gasteiger partial charge in [-0.1, -0.05) is 13.0 Å². The van der Waals surface area contributed by atoms with Crippen molar-refractivity contribution < 1.29 is 14.3 Å². The lowest BCUT2D eigenvalue weighted by Crippen LogP contribution is -2.45. The maximum Gasteiger partial charge on any atom is 0.231 e. The standard InChI is InChI=1S/C20H25N3O3/c1-13-16(14(2)22-21-13)10-23-11-20(3,7-6-19(23)24)9-15-4-5-17-18(8-15)26-12-25-17/h4-5,8H,6-7,9-12H2,1-3H3,(H,21,22)/t20-/m1/s1. The van der Waals surface area contributed by atoms with Crippen molar-refractivity contribution in [2.45, 2.75) is 46.6 Å². The number of ether oxygens (including phenoxy) is 2. The molecule has 0 spiro atoms. The number of piperidine rings is 1. The van der Waals surface area contributed by atoms with Crippen molar-refractivity contribution in [3.8, 4) is 11.5 Å². The van der Waals surface area contributed by atoms with Gasteiger partial charge in [0.15, 0.2) is 11.5 Å². The van der Waals surface area contributed by atoms with Gasteiger partial charge in [-0.3, -0.25) is 9.89 Å². The van der Waals surface area contributed by atoms with E-state index >= 15 is 0 Å². The molecule has 1 atom stereocenters. The highest BCUT2D eigenvalue weighted by Gasteiger charge is 2.35. The van der Waals surface area contributed by atoms with Crippen molar-refractivity contribution in [1.29, 1.82) is 0 Å². The average Bonchev–Trinajstić information content (AvgIpc) is 3.19. The second kappa shape index (κ2) is 6.34. The van der Waals surface area contributed by atoms with Gasteiger partial charge in [0.25, 0.3) is 0 Å². The van der Waals surface area contributed by atoms with Gasteiger partial charge >= 0.3 is 0 Å². The minimum absolute atomic E-state index is 0.0488. The summed E-state index contributed by atoms with van der Waals surface area (Å²) in [5, 5.41) is 7.27. The number of hydrogen-bond donors (Lipinski definition) is 1. The molecule has 1 fully saturated rings. The number of nitrogens with zero attached hydrogens (tertiary/aromatic N) is 2. The summed E-state index contributed by atoms with van der Waals surface area (Å²) in [7, 11) is 0. The highest BCUT2D eigenvalue weighted by atomic mass is 16.7. The number of carbonyl (C=O) groups excluding carboxylic acids is 1. The van der Waals surface area contributed by atoms with Crippen molar-refractivity contribution in [3.63, 3.8) is 0 Å². The number of fused-ring (bicyclic) bond motifs is 1. The molecule has 3 heterocycles. The van der Waals surface area contributed by atoms with Crippen LogP contribution in [-0.4, -0.2) is 34.3 Å². The molecule has 0 bridgehead atoms. The Morgan fingerprint density at radius 3 is 2.85 bits per heavy atom. The lowest BCUT2D eigenvalue weighted by Gasteiger charge is -2.40. The molecule has 0 radical (unpaired) electrons. The Morgan fingerprint density at radius 1 is 1.27 bits per heavy atom. The summed E-state index contributed by atoms with van der Waals surface area (Å²) in [6.45, 7) is 7.94. The summed E-state index contributed by atoms with van der Waals surface area (Å²) in [5.41, 5.74) is 4.41. The molecule has 6 heteroatoms. The zero-order chi connectivity index (χ0) is 18.3. The van der Waals surface area contributed by atoms with Crippen LogP contribution in [0, 0.1) is 19.3 Å². The first-order chi connectivity index (χ1) is 12.4. The van der Waals surface area contributed by atoms with Crippen LogP contribution in [0.3, 0.4) is 0 Å². The molecule has 0 saturated carbocycles. The van der Waals surface area contributed by atoms with Crippen molar-refractivity contribution in [2.75, 3.05) is 13.3 Å². The normalized spacial score (nSPS) is 22.1. The lowest BCUT2D eigenvalue weighted by molar-refractivity contribution is -0.137. The Balaban J connectivity index is 1.50. The number of aryl methyl sites for hydroxylation is 2. The van der Waals surface area contributed by atoms with Crippen LogP contribution in [0.4, 0.5) is 0 Å². The van der Waals surface area contributed by atoms with E-state index in [9.17, 15) is 4.79 Å². The summed E-state index contributed by atoms with van der Waals surface area (Å²) in [6, 6.07) is 6.15. The number of hydrogen-bond acceptors (Lipinski definition) is 4. The number of aromatic nitrogens is 2. The summed E-state index contributed by atoms with van der Waals surface area (Å²) >= 11 is 0. The van der Waals surface area contributed by atoms with E-state index in [-0.39, 0.29) is 11.3 Å². The van der Waals surface area contributed by atoms with Crippen LogP contribution in [0.25, 0.3) is 0 Å². The average molecular weight is 355 g/mol. The molecule has 1 amide bonds. The number of H-pyrrole nitrogens is 1. The molecule has 1 saturated heterocycles. The number of amides is 1. The van der Waals surface area contributed by atoms with Crippen LogP contribution in [0.2, 0.25) is 0 Å². The van der Waals surface area contributed by atoms with Crippen molar-refractivity contribution in [2.24, 2.45) is 5.41 Å². The van der Waals surface area contributed by atoms with E-state index in [4.69, 9.17) is 9.47 Å². The third-order valence-electron chi connectivity index (χ3n) is 5.57. The van der Waals surface area contributed by atoms with E-state index in [0.717, 1.165) is 47.8 Å². The first-order valence-corrected chi connectivity index (χ1v) is 9.10. The zero-order valence-corrected chi connectivity index (χ0v) is 15.6. The highest BCUT2D eigenvalue weighted by molar-refractivity contribution is 5.77. The topological polar surface area (TPSA) is 67.5 Å². The minimum Gasteiger partial charge on any atom is -0.454 e. The Bertz CT molecular complexity index is 825. The molecule has 0 aliphatic carbocycles. The van der Waals surface area contributed by atoms with E-state index < -0.39 is 0 Å². The van der Waals surface area contributed by atoms with Crippen molar-refractivity contribution >= 4 is 5.91 Å². The molecule has 2 aliphatic rings. The van der Waals surface area contributed by atoms with Gasteiger partial charge in [0.05, 0.1) is 5.69 Å². The van der Waals surface area contributed by atoms with Gasteiger partial charge < -0.3 is 14.4 Å². The molecule has 26 heavy (non-hydrogen) atoms. The molecule has 0 unspecified atom stereocenters. The van der Waals surface area contributed by atoms with Crippen LogP contribution < -0.4 is 9.47 Å². The number of rotatable bonds is 4. The highest BCUT2D eigenvalue weighted by Crippen LogP contribution is 2.38. The first-order valence-electron chi connectivity index (χ1n) is 9.10. The fraction of sp³-hybridized carbons (Fsp3) is 0.500. The van der Waals surface area contributed by atoms with Gasteiger partial charge in [0.1, 0.15) is 0 Å². The largest absolute Gasteiger partial charge is 0.454 e. The Labute approximate surface area is 153 Å². The van der Waals surface area contributed by atoms with Gasteiger partial charge in [0.2, 0.25) is 12.7 Å². The summed E-state index contributed by atoms with van der Waals surface area (Å²) in [4.78, 5) is 14.5. The fourth-order valence-corrected chi connectivity index (χ4v) is 4.02. The van der Waals surface area contributed by atoms with Gasteiger partial charge in [-0.05, 0) is 49.8 Å². The molecule has 2 aromatic rings. The van der Waals surface area contributed by atoms with Crippen LogP contribution in [0.1, 0.15) is 42.3 Å². The number of nitrogens with one attached hydrogen (secondary N) is 1. The third kappa shape index (κ3) is 3.16. The summed E-state index contributed by atoms with van der Waals surface area (Å²) in [5.74, 6) is 1.86. The molecule has 6 nitrogen and oxygen atoms in total. The third-order valence-corrected chi connectivity index (χ3v) is 5.57. The molecule has 138 valence electrons. The maximum absolute atomic E-state index is 12.5. The van der Waals surface area contributed by atoms with E-state index in [2.05, 4.69) is 29.3 Å². The maximum atomic E-state index is 12.5. The van der Waals surface area contributed by atoms with Gasteiger partial charge in [-0.15, -0.1) is 0 Å². The van der Waals surface area contributed by atoms with Crippen molar-refractivity contribution in [1.82, 2.24) is 15.1 Å². The monoisotopic (exact) mass is 355 g/mol. The second-order valence-corrected chi connectivity index (χ2v) is 7.84. The van der Waals surface area contributed by atoms with E-state index in [1.54, 1.807) is 0 Å². The van der Waals surface area contributed by atoms with E-state index in [1.807, 2.05) is 24.8 Å². The van der Waals surface area contributed by atoms with Crippen LogP contribution in [-0.2, 0) is 17.8 Å². The molecule has 1 aromatic heterocycles. The number of aromatic amines is 1. The predicted molar refractivity (Wildman–Crippen MR) is 97.1 cm³/mol. The Morgan fingerprint density at radius 2 is 2.08 bits per heavy atom. The zero-order valence-electron chi connectivity index (χ0n) is 15.6. The van der Waals surface area contributed by atoms with Crippen LogP contribution in [0.5, 0.6) is 11.5 Å². The fourth-order valence-electron chi connectivity index (χ4n) is 4.02. The molecular formula is C20H25N3O3. The molecule has 1 aromatic carbocycles. The molecule has 2 aliphatic heterocycles. The van der Waals surface area contributed by atoms with Crippen LogP contribution in [0.15, 0.2) is 18.2 Å². The smallest absolute Gasteiger partial charge is 0.231 e. The number of carbonyl (C=O) groups is 1. The molecular weight excluding hydrogens is 330 g/mol. The van der Waals surface area contributed by atoms with Gasteiger partial charge in [-0.2, -0.15) is 5.10 Å². The van der Waals surface area contributed by atoms with E-state index in [0.29, 0.717) is 19.8 Å². The second-order valence-electron chi connectivity index (χ2n) is 7.84. The quantitative estimate of drug-likeness (QED) is 0.915. The number of likely N-dealkylation sites (tertiary alicyclic amines) is 1. The number of benzene rings is 1. The first kappa shape index (κ1) is 16.9. The summed E-state index contributed by atoms with van der Waals surface area (Å²) < 4.78 is 10.9. The molecule has 4 rings (SSSR count). The Hall–Kier alpha value is -2.50. The SMILES string of the molecule is Cc1n[nH]c(C)c1CN1C[C@@](C)(Cc2ccc3c(c2)OCO3)CCC1=O. The Kier molecular flexibility index (Phi) is 4.13. The van der Waals surface area contributed by atoms with E-state index in [1.165, 1.54) is 5.56 Å². The minimum atomic E-state index is 0.0488. The summed E-state index contributed by atoms with van der Waals surface area (Å²) in [6.07, 6.45) is 2.41. The lowest BCUT2D eigenvalue weighted by atomic mass is 9.76. The van der Waals surface area contributed by atoms with Gasteiger partial charge in [0, 0.05) is 30.8 Å². The van der Waals surface area contributed by atoms with Crippen LogP contribution >= 0.6 is 0 Å². The molecule has 1 N–H and O–H groups in total. The predicted octanol–water partition coefficient (Wildman–Crippen LogP) is 3.13.